The molecule has 20 heavy (non-hydrogen) atoms. The lowest BCUT2D eigenvalue weighted by atomic mass is 9.74. The molecule has 1 aromatic rings. The number of rotatable bonds is 4. The molecule has 0 atom stereocenters. The molecular weight excluding hydrogens is 262 g/mol. The molecule has 3 N–H and O–H groups in total. The summed E-state index contributed by atoms with van der Waals surface area (Å²) in [7, 11) is 0. The van der Waals surface area contributed by atoms with Crippen molar-refractivity contribution in [1.82, 2.24) is 4.98 Å². The van der Waals surface area contributed by atoms with Crippen molar-refractivity contribution in [3.05, 3.63) is 17.7 Å². The molecule has 0 unspecified atom stereocenters. The van der Waals surface area contributed by atoms with Crippen molar-refractivity contribution in [3.63, 3.8) is 0 Å². The quantitative estimate of drug-likeness (QED) is 0.659. The van der Waals surface area contributed by atoms with Crippen molar-refractivity contribution in [1.29, 1.82) is 0 Å². The number of pyridine rings is 1. The van der Waals surface area contributed by atoms with Crippen LogP contribution in [-0.2, 0) is 0 Å². The van der Waals surface area contributed by atoms with E-state index in [0.717, 1.165) is 44.8 Å². The van der Waals surface area contributed by atoms with E-state index in [2.05, 4.69) is 24.3 Å². The van der Waals surface area contributed by atoms with Crippen LogP contribution < -0.4 is 16.2 Å². The normalized spacial score (nSPS) is 18.1. The van der Waals surface area contributed by atoms with Crippen LogP contribution in [0.5, 0.6) is 0 Å². The number of hydrazine groups is 1. The minimum atomic E-state index is -0.776. The standard InChI is InChI=1S/C14H22F2N4/c1-3-14(4-2)5-7-20(8-6-14)13-11(16)9-10(15)12(18-13)19-17/h9H,3-8,17H2,1-2H3,(H,18,19). The molecular formula is C14H22F2N4. The van der Waals surface area contributed by atoms with Crippen LogP contribution in [0.15, 0.2) is 6.07 Å². The van der Waals surface area contributed by atoms with Crippen LogP contribution in [0.2, 0.25) is 0 Å². The van der Waals surface area contributed by atoms with Crippen LogP contribution >= 0.6 is 0 Å². The lowest BCUT2D eigenvalue weighted by Crippen LogP contribution is -2.40. The number of nitrogens with one attached hydrogen (secondary N) is 1. The predicted octanol–water partition coefficient (Wildman–Crippen LogP) is 3.05. The number of piperidine rings is 1. The first-order chi connectivity index (χ1) is 9.55. The van der Waals surface area contributed by atoms with Crippen LogP contribution in [0.1, 0.15) is 39.5 Å². The fourth-order valence-corrected chi connectivity index (χ4v) is 2.93. The van der Waals surface area contributed by atoms with Gasteiger partial charge >= 0.3 is 0 Å². The third-order valence-electron chi connectivity index (χ3n) is 4.67. The van der Waals surface area contributed by atoms with Gasteiger partial charge in [0.25, 0.3) is 0 Å². The summed E-state index contributed by atoms with van der Waals surface area (Å²) in [6.07, 6.45) is 4.27. The summed E-state index contributed by atoms with van der Waals surface area (Å²) in [5.74, 6) is 3.84. The van der Waals surface area contributed by atoms with Gasteiger partial charge in [-0.25, -0.2) is 19.6 Å². The second-order valence-corrected chi connectivity index (χ2v) is 5.46. The average Bonchev–Trinajstić information content (AvgIpc) is 2.48. The van der Waals surface area contributed by atoms with E-state index in [1.54, 1.807) is 0 Å². The topological polar surface area (TPSA) is 54.2 Å². The first kappa shape index (κ1) is 15.0. The Balaban J connectivity index is 2.18. The fraction of sp³-hybridized carbons (Fsp3) is 0.643. The molecule has 0 radical (unpaired) electrons. The maximum Gasteiger partial charge on any atom is 0.178 e. The lowest BCUT2D eigenvalue weighted by Gasteiger charge is -2.41. The zero-order chi connectivity index (χ0) is 14.8. The monoisotopic (exact) mass is 284 g/mol. The number of anilines is 2. The van der Waals surface area contributed by atoms with Gasteiger partial charge in [0.05, 0.1) is 0 Å². The van der Waals surface area contributed by atoms with Gasteiger partial charge in [0, 0.05) is 19.2 Å². The molecule has 1 aliphatic heterocycles. The molecule has 1 aromatic heterocycles. The Bertz CT molecular complexity index is 464. The molecule has 0 aliphatic carbocycles. The highest BCUT2D eigenvalue weighted by Crippen LogP contribution is 2.39. The van der Waals surface area contributed by atoms with Crippen molar-refractivity contribution in [2.45, 2.75) is 39.5 Å². The Morgan fingerprint density at radius 1 is 1.25 bits per heavy atom. The summed E-state index contributed by atoms with van der Waals surface area (Å²) in [5.41, 5.74) is 2.51. The molecule has 112 valence electrons. The van der Waals surface area contributed by atoms with Gasteiger partial charge in [-0.05, 0) is 18.3 Å². The number of hydrogen-bond acceptors (Lipinski definition) is 4. The molecule has 2 heterocycles. The van der Waals surface area contributed by atoms with E-state index in [0.29, 0.717) is 5.41 Å². The third kappa shape index (κ3) is 2.70. The van der Waals surface area contributed by atoms with E-state index < -0.39 is 11.6 Å². The van der Waals surface area contributed by atoms with Gasteiger partial charge in [-0.3, -0.25) is 0 Å². The van der Waals surface area contributed by atoms with Gasteiger partial charge in [0.2, 0.25) is 0 Å². The number of nitrogens with two attached hydrogens (primary N) is 1. The van der Waals surface area contributed by atoms with Gasteiger partial charge < -0.3 is 10.3 Å². The van der Waals surface area contributed by atoms with Gasteiger partial charge in [0.15, 0.2) is 23.3 Å². The van der Waals surface area contributed by atoms with Crippen molar-refractivity contribution < 1.29 is 8.78 Å². The van der Waals surface area contributed by atoms with E-state index in [-0.39, 0.29) is 11.6 Å². The highest BCUT2D eigenvalue weighted by atomic mass is 19.1. The van der Waals surface area contributed by atoms with E-state index in [9.17, 15) is 8.78 Å². The molecule has 4 nitrogen and oxygen atoms in total. The smallest absolute Gasteiger partial charge is 0.178 e. The Morgan fingerprint density at radius 2 is 1.85 bits per heavy atom. The number of halogens is 2. The van der Waals surface area contributed by atoms with E-state index in [1.165, 1.54) is 0 Å². The number of aromatic nitrogens is 1. The Kier molecular flexibility index (Phi) is 4.42. The summed E-state index contributed by atoms with van der Waals surface area (Å²) in [6, 6.07) is 0.832. The molecule has 0 saturated carbocycles. The van der Waals surface area contributed by atoms with E-state index >= 15 is 0 Å². The zero-order valence-electron chi connectivity index (χ0n) is 12.0. The lowest BCUT2D eigenvalue weighted by molar-refractivity contribution is 0.198. The Morgan fingerprint density at radius 3 is 2.35 bits per heavy atom. The summed E-state index contributed by atoms with van der Waals surface area (Å²) < 4.78 is 27.3. The molecule has 1 aliphatic rings. The molecule has 0 aromatic carbocycles. The second-order valence-electron chi connectivity index (χ2n) is 5.46. The third-order valence-corrected chi connectivity index (χ3v) is 4.67. The van der Waals surface area contributed by atoms with Gasteiger partial charge in [-0.2, -0.15) is 0 Å². The van der Waals surface area contributed by atoms with Crippen molar-refractivity contribution in [3.8, 4) is 0 Å². The highest BCUT2D eigenvalue weighted by molar-refractivity contribution is 5.49. The summed E-state index contributed by atoms with van der Waals surface area (Å²) in [6.45, 7) is 5.88. The number of hydrogen-bond donors (Lipinski definition) is 2. The van der Waals surface area contributed by atoms with Crippen LogP contribution in [-0.4, -0.2) is 18.1 Å². The van der Waals surface area contributed by atoms with Crippen LogP contribution in [0.25, 0.3) is 0 Å². The average molecular weight is 284 g/mol. The first-order valence-electron chi connectivity index (χ1n) is 7.13. The highest BCUT2D eigenvalue weighted by Gasteiger charge is 2.32. The van der Waals surface area contributed by atoms with E-state index in [1.807, 2.05) is 4.90 Å². The SMILES string of the molecule is CCC1(CC)CCN(c2nc(NN)c(F)cc2F)CC1. The van der Waals surface area contributed by atoms with Gasteiger partial charge in [-0.15, -0.1) is 0 Å². The Hall–Kier alpha value is -1.43. The molecule has 0 amide bonds. The first-order valence-corrected chi connectivity index (χ1v) is 7.13. The molecule has 6 heteroatoms. The van der Waals surface area contributed by atoms with Crippen LogP contribution in [0.4, 0.5) is 20.4 Å². The minimum Gasteiger partial charge on any atom is -0.354 e. The summed E-state index contributed by atoms with van der Waals surface area (Å²) >= 11 is 0. The molecule has 0 bridgehead atoms. The van der Waals surface area contributed by atoms with Crippen molar-refractivity contribution >= 4 is 11.6 Å². The molecule has 0 spiro atoms. The van der Waals surface area contributed by atoms with Crippen LogP contribution in [0.3, 0.4) is 0 Å². The molecule has 1 fully saturated rings. The Labute approximate surface area is 118 Å². The van der Waals surface area contributed by atoms with E-state index in [4.69, 9.17) is 5.84 Å². The zero-order valence-corrected chi connectivity index (χ0v) is 12.0. The predicted molar refractivity (Wildman–Crippen MR) is 76.4 cm³/mol. The molecule has 2 rings (SSSR count). The van der Waals surface area contributed by atoms with Crippen molar-refractivity contribution in [2.75, 3.05) is 23.4 Å². The van der Waals surface area contributed by atoms with Gasteiger partial charge in [0.1, 0.15) is 0 Å². The number of nitrogens with zero attached hydrogens (tertiary/aromatic N) is 2. The molecule has 1 saturated heterocycles. The minimum absolute atomic E-state index is 0.121. The maximum absolute atomic E-state index is 13.9. The van der Waals surface area contributed by atoms with Crippen LogP contribution in [0, 0.1) is 17.0 Å². The summed E-state index contributed by atoms with van der Waals surface area (Å²) in [4.78, 5) is 5.83. The maximum atomic E-state index is 13.9. The van der Waals surface area contributed by atoms with Gasteiger partial charge in [-0.1, -0.05) is 26.7 Å². The number of nitrogen functional groups attached to an aromatic ring is 1. The summed E-state index contributed by atoms with van der Waals surface area (Å²) in [5, 5.41) is 0. The second kappa shape index (κ2) is 5.91. The van der Waals surface area contributed by atoms with Crippen molar-refractivity contribution in [2.24, 2.45) is 11.3 Å². The largest absolute Gasteiger partial charge is 0.354 e. The fourth-order valence-electron chi connectivity index (χ4n) is 2.93.